The fourth-order valence-corrected chi connectivity index (χ4v) is 15.3. The van der Waals surface area contributed by atoms with Crippen molar-refractivity contribution in [2.45, 2.75) is 180 Å². The first-order valence-corrected chi connectivity index (χ1v) is 36.0. The molecular weight excluding hydrogens is 1030 g/mol. The molecule has 1 heterocycles. The molecule has 3 aromatic rings. The summed E-state index contributed by atoms with van der Waals surface area (Å²) in [6.07, 6.45) is 9.79. The lowest BCUT2D eigenvalue weighted by molar-refractivity contribution is -0.151. The van der Waals surface area contributed by atoms with E-state index in [1.165, 1.54) is 10.4 Å². The number of benzene rings is 3. The fraction of sp³-hybridized carbons (Fsp3) is 0.567. The molecule has 0 amide bonds. The normalized spacial score (nSPS) is 17.7. The summed E-state index contributed by atoms with van der Waals surface area (Å²) in [6.45, 7) is 39.2. The van der Waals surface area contributed by atoms with Gasteiger partial charge in [-0.05, 0) is 105 Å². The van der Waals surface area contributed by atoms with E-state index < -0.39 is 53.6 Å². The molecular formula is C60H92Cl2N2O8Si3. The van der Waals surface area contributed by atoms with Crippen LogP contribution in [-0.4, -0.2) is 106 Å². The minimum atomic E-state index is -2.81. The molecule has 3 aromatic carbocycles. The van der Waals surface area contributed by atoms with Crippen LogP contribution < -0.4 is 20.4 Å². The predicted molar refractivity (Wildman–Crippen MR) is 323 cm³/mol. The number of carbonyl (C=O) groups is 1. The van der Waals surface area contributed by atoms with Crippen LogP contribution in [0.15, 0.2) is 96.0 Å². The van der Waals surface area contributed by atoms with Crippen molar-refractivity contribution in [1.82, 2.24) is 5.32 Å². The summed E-state index contributed by atoms with van der Waals surface area (Å²) >= 11 is 10.3. The smallest absolute Gasteiger partial charge is 0.342 e. The van der Waals surface area contributed by atoms with Crippen LogP contribution >= 0.6 is 23.2 Å². The number of halogens is 2. The van der Waals surface area contributed by atoms with Crippen LogP contribution in [0.25, 0.3) is 6.08 Å². The van der Waals surface area contributed by atoms with E-state index in [1.54, 1.807) is 26.3 Å². The molecule has 1 aliphatic heterocycles. The van der Waals surface area contributed by atoms with Crippen molar-refractivity contribution in [2.75, 3.05) is 33.6 Å². The van der Waals surface area contributed by atoms with E-state index >= 15 is 0 Å². The first kappa shape index (κ1) is 65.9. The molecule has 0 radical (unpaired) electrons. The Balaban J connectivity index is 0.00000232. The predicted octanol–water partition coefficient (Wildman–Crippen LogP) is 13.8. The molecule has 416 valence electrons. The van der Waals surface area contributed by atoms with Crippen LogP contribution in [0.3, 0.4) is 0 Å². The van der Waals surface area contributed by atoms with E-state index in [0.717, 1.165) is 19.1 Å². The summed E-state index contributed by atoms with van der Waals surface area (Å²) in [5.41, 5.74) is 1.66. The molecule has 1 unspecified atom stereocenters. The largest absolute Gasteiger partial charge is 0.467 e. The van der Waals surface area contributed by atoms with Crippen LogP contribution in [0, 0.1) is 17.8 Å². The van der Waals surface area contributed by atoms with Gasteiger partial charge in [0, 0.05) is 45.4 Å². The number of hydrogen-bond acceptors (Lipinski definition) is 10. The highest BCUT2D eigenvalue weighted by atomic mass is 35.5. The third-order valence-electron chi connectivity index (χ3n) is 13.5. The van der Waals surface area contributed by atoms with E-state index in [-0.39, 0.29) is 35.0 Å². The number of methoxy groups -OCH3 is 1. The first-order valence-electron chi connectivity index (χ1n) is 26.6. The minimum absolute atomic E-state index is 0.0256. The lowest BCUT2D eigenvalue weighted by Crippen LogP contribution is -2.67. The maximum absolute atomic E-state index is 14.1. The Morgan fingerprint density at radius 1 is 0.880 bits per heavy atom. The lowest BCUT2D eigenvalue weighted by Gasteiger charge is -2.45. The summed E-state index contributed by atoms with van der Waals surface area (Å²) in [6, 6.07) is 26.1. The maximum atomic E-state index is 14.1. The Kier molecular flexibility index (Phi) is 26.5. The van der Waals surface area contributed by atoms with E-state index in [4.69, 9.17) is 55.7 Å². The molecule has 1 saturated heterocycles. The number of esters is 1. The van der Waals surface area contributed by atoms with Crippen LogP contribution in [-0.2, 0) is 27.8 Å². The van der Waals surface area contributed by atoms with E-state index in [0.29, 0.717) is 41.9 Å². The molecule has 0 aliphatic carbocycles. The molecule has 0 aromatic heterocycles. The number of rotatable bonds is 24. The van der Waals surface area contributed by atoms with Gasteiger partial charge in [-0.1, -0.05) is 195 Å². The number of carbonyl (C=O) groups excluding carboxylic acids is 1. The second-order valence-electron chi connectivity index (χ2n) is 23.3. The van der Waals surface area contributed by atoms with Gasteiger partial charge in [0.15, 0.2) is 25.9 Å². The molecule has 5 atom stereocenters. The van der Waals surface area contributed by atoms with Crippen molar-refractivity contribution in [3.05, 3.63) is 108 Å². The summed E-state index contributed by atoms with van der Waals surface area (Å²) in [5, 5.41) is 5.63. The zero-order valence-corrected chi connectivity index (χ0v) is 53.2. The molecule has 1 N–H and O–H groups in total. The zero-order valence-electron chi connectivity index (χ0n) is 48.7. The highest BCUT2D eigenvalue weighted by Crippen LogP contribution is 2.42. The number of nitrogens with one attached hydrogen (secondary N) is 1. The summed E-state index contributed by atoms with van der Waals surface area (Å²) in [4.78, 5) is 17.1. The van der Waals surface area contributed by atoms with Crippen LogP contribution in [0.1, 0.15) is 117 Å². The Labute approximate surface area is 466 Å². The highest BCUT2D eigenvalue weighted by Gasteiger charge is 2.52. The molecule has 0 saturated carbocycles. The van der Waals surface area contributed by atoms with E-state index in [1.807, 2.05) is 26.0 Å². The van der Waals surface area contributed by atoms with Gasteiger partial charge in [-0.3, -0.25) is 4.99 Å². The second-order valence-corrected chi connectivity index (χ2v) is 39.0. The lowest BCUT2D eigenvalue weighted by atomic mass is 9.97. The number of alkyl halides is 2. The fourth-order valence-electron chi connectivity index (χ4n) is 8.35. The van der Waals surface area contributed by atoms with Gasteiger partial charge in [-0.25, -0.2) is 4.79 Å². The van der Waals surface area contributed by atoms with Gasteiger partial charge in [-0.15, -0.1) is 0 Å². The monoisotopic (exact) mass is 1120 g/mol. The molecule has 1 aliphatic rings. The Bertz CT molecular complexity index is 2310. The number of ether oxygens (including phenoxy) is 5. The summed E-state index contributed by atoms with van der Waals surface area (Å²) in [7, 11) is -5.09. The summed E-state index contributed by atoms with van der Waals surface area (Å²) in [5.74, 6) is 5.73. The molecule has 4 rings (SSSR count). The van der Waals surface area contributed by atoms with Crippen molar-refractivity contribution < 1.29 is 37.3 Å². The number of hydrogen-bond donors (Lipinski definition) is 1. The third kappa shape index (κ3) is 20.4. The minimum Gasteiger partial charge on any atom is -0.467 e. The average molecular weight is 1120 g/mol. The van der Waals surface area contributed by atoms with Crippen molar-refractivity contribution in [2.24, 2.45) is 10.9 Å². The van der Waals surface area contributed by atoms with Gasteiger partial charge >= 0.3 is 5.97 Å². The van der Waals surface area contributed by atoms with Crippen molar-refractivity contribution in [3.63, 3.8) is 0 Å². The first-order chi connectivity index (χ1) is 35.0. The average Bonchev–Trinajstić information content (AvgIpc) is 3.64. The molecule has 15 heteroatoms. The van der Waals surface area contributed by atoms with Gasteiger partial charge in [0.05, 0.1) is 18.8 Å². The topological polar surface area (TPSA) is 106 Å². The Morgan fingerprint density at radius 3 is 2.00 bits per heavy atom. The number of nitrogens with zero attached hydrogens (tertiary/aromatic N) is 1. The molecule has 75 heavy (non-hydrogen) atoms. The van der Waals surface area contributed by atoms with Crippen molar-refractivity contribution in [3.8, 4) is 17.6 Å². The third-order valence-corrected chi connectivity index (χ3v) is 25.1. The van der Waals surface area contributed by atoms with Crippen molar-refractivity contribution in [1.29, 1.82) is 0 Å². The zero-order chi connectivity index (χ0) is 56.3. The number of aliphatic imine (C=N–C) groups is 1. The van der Waals surface area contributed by atoms with Gasteiger partial charge in [0.2, 0.25) is 0 Å². The maximum Gasteiger partial charge on any atom is 0.342 e. The second kappa shape index (κ2) is 30.1. The van der Waals surface area contributed by atoms with Crippen LogP contribution in [0.4, 0.5) is 0 Å². The van der Waals surface area contributed by atoms with Crippen LogP contribution in [0.2, 0.25) is 48.9 Å². The molecule has 0 spiro atoms. The van der Waals surface area contributed by atoms with Gasteiger partial charge in [0.1, 0.15) is 17.4 Å². The molecule has 0 bridgehead atoms. The van der Waals surface area contributed by atoms with Gasteiger partial charge in [0.25, 0.3) is 8.32 Å². The van der Waals surface area contributed by atoms with Crippen molar-refractivity contribution >= 4 is 76.5 Å². The van der Waals surface area contributed by atoms with E-state index in [2.05, 4.69) is 196 Å². The highest BCUT2D eigenvalue weighted by molar-refractivity contribution is 6.99. The van der Waals surface area contributed by atoms with E-state index in [9.17, 15) is 4.79 Å². The summed E-state index contributed by atoms with van der Waals surface area (Å²) < 4.78 is 45.8. The molecule has 10 nitrogen and oxygen atoms in total. The quantitative estimate of drug-likeness (QED) is 0.0108. The standard InChI is InChI=1S/C57H87NO8Si3.C3H5Cl2N/c1-18-58-39-26-25-28-45-36-38-49(62-42-60-12)52(54(59)61-40-41-67(13,14)15)48(45)33-27-34-50-53(64-57(10,11)63-50)51(66-68(16,17)55(4,5)6)37-35-43(2)44(3)65-69(56(7,8)9,46-29-21-19-22-30-46)47-31-23-20-24-32-47;1-2-6-3(4)5/h19-24,27,29-33,35-38,43-44,50-51,53,58H,18,26,34,39-42H2,1-17H3;2-3H,1H3/b33-27+,37-35-;/t43-,44+,50+,51?,53+;/m1./s1. The SMILES string of the molecule is CC=NC(Cl)Cl.CCNCCC#Cc1ccc(OCOC)c(C(=O)OCC[Si](C)(C)C)c1/C=C/C[C@@H]1OC(C)(C)O[C@@H]1C(/C=C\[C@@H](C)[C@H](C)O[Si](c1ccccc1)(c1ccccc1)C(C)(C)C)O[Si](C)(C)C(C)(C)C. The van der Waals surface area contributed by atoms with Crippen LogP contribution in [0.5, 0.6) is 5.75 Å². The Morgan fingerprint density at radius 2 is 1.49 bits per heavy atom. The van der Waals surface area contributed by atoms with Gasteiger partial charge < -0.3 is 37.9 Å². The molecule has 1 fully saturated rings. The Hall–Kier alpha value is -3.37. The van der Waals surface area contributed by atoms with Gasteiger partial charge in [-0.2, -0.15) is 0 Å².